The first-order valence-electron chi connectivity index (χ1n) is 16.6. The van der Waals surface area contributed by atoms with E-state index in [1.54, 1.807) is 7.11 Å². The molecule has 0 spiro atoms. The van der Waals surface area contributed by atoms with E-state index in [2.05, 4.69) is 16.7 Å². The standard InChI is InChI=1S/C43H29N7O/c1-51-33-23-25-37-35(27-33)34-26-32(42-45-38(28-14-6-2-7-15-28)44-39(46-42)29-16-8-3-9-17-29)22-24-36(34)50(37)43-48-40(30-18-10-4-11-19-30)47-41(49-43)31-20-12-5-13-21-31/h2-27H,1H3. The van der Waals surface area contributed by atoms with Gasteiger partial charge in [-0.3, -0.25) is 4.57 Å². The Morgan fingerprint density at radius 2 is 0.745 bits per heavy atom. The van der Waals surface area contributed by atoms with Gasteiger partial charge in [0, 0.05) is 38.6 Å². The van der Waals surface area contributed by atoms with E-state index in [9.17, 15) is 0 Å². The molecule has 0 aliphatic rings. The molecular weight excluding hydrogens is 631 g/mol. The number of hydrogen-bond acceptors (Lipinski definition) is 7. The maximum atomic E-state index is 5.70. The molecule has 0 atom stereocenters. The Balaban J connectivity index is 1.28. The monoisotopic (exact) mass is 659 g/mol. The first-order chi connectivity index (χ1) is 25.2. The molecule has 9 rings (SSSR count). The Kier molecular flexibility index (Phi) is 7.51. The SMILES string of the molecule is COc1ccc2c(c1)c1cc(-c3nc(-c4ccccc4)nc(-c4ccccc4)n3)ccc1n2-c1nc(-c2ccccc2)nc(-c2ccccc2)n1. The molecular formula is C43H29N7O. The zero-order valence-corrected chi connectivity index (χ0v) is 27.5. The van der Waals surface area contributed by atoms with Crippen LogP contribution in [0.1, 0.15) is 0 Å². The third-order valence-electron chi connectivity index (χ3n) is 8.82. The lowest BCUT2D eigenvalue weighted by molar-refractivity contribution is 0.415. The lowest BCUT2D eigenvalue weighted by Gasteiger charge is -2.11. The topological polar surface area (TPSA) is 91.5 Å². The van der Waals surface area contributed by atoms with Crippen molar-refractivity contribution < 1.29 is 4.74 Å². The third kappa shape index (κ3) is 5.64. The first kappa shape index (κ1) is 30.0. The fraction of sp³-hybridized carbons (Fsp3) is 0.0233. The molecule has 0 bridgehead atoms. The van der Waals surface area contributed by atoms with Crippen LogP contribution >= 0.6 is 0 Å². The molecule has 0 unspecified atom stereocenters. The normalized spacial score (nSPS) is 11.2. The van der Waals surface area contributed by atoms with Crippen molar-refractivity contribution in [2.24, 2.45) is 0 Å². The molecule has 0 fully saturated rings. The van der Waals surface area contributed by atoms with Crippen molar-refractivity contribution in [1.29, 1.82) is 0 Å². The second kappa shape index (κ2) is 12.8. The molecule has 0 aliphatic carbocycles. The molecule has 9 aromatic rings. The molecule has 0 N–H and O–H groups in total. The van der Waals surface area contributed by atoms with Crippen LogP contribution in [0.3, 0.4) is 0 Å². The Morgan fingerprint density at radius 3 is 1.18 bits per heavy atom. The van der Waals surface area contributed by atoms with Gasteiger partial charge in [-0.15, -0.1) is 0 Å². The van der Waals surface area contributed by atoms with Gasteiger partial charge in [-0.2, -0.15) is 9.97 Å². The number of nitrogens with zero attached hydrogens (tertiary/aromatic N) is 7. The van der Waals surface area contributed by atoms with Gasteiger partial charge in [-0.1, -0.05) is 121 Å². The van der Waals surface area contributed by atoms with Crippen LogP contribution in [0.15, 0.2) is 158 Å². The summed E-state index contributed by atoms with van der Waals surface area (Å²) in [5.41, 5.74) is 6.34. The average molecular weight is 660 g/mol. The van der Waals surface area contributed by atoms with Crippen LogP contribution in [0.2, 0.25) is 0 Å². The molecule has 0 saturated heterocycles. The Hall–Kier alpha value is -7.06. The highest BCUT2D eigenvalue weighted by Gasteiger charge is 2.20. The Morgan fingerprint density at radius 1 is 0.373 bits per heavy atom. The Bertz CT molecular complexity index is 2550. The highest BCUT2D eigenvalue weighted by Crippen LogP contribution is 2.37. The van der Waals surface area contributed by atoms with Crippen LogP contribution < -0.4 is 4.74 Å². The fourth-order valence-corrected chi connectivity index (χ4v) is 6.32. The molecule has 0 aliphatic heterocycles. The molecule has 242 valence electrons. The lowest BCUT2D eigenvalue weighted by Crippen LogP contribution is -2.06. The largest absolute Gasteiger partial charge is 0.497 e. The second-order valence-corrected chi connectivity index (χ2v) is 12.0. The summed E-state index contributed by atoms with van der Waals surface area (Å²) in [7, 11) is 1.68. The van der Waals surface area contributed by atoms with Gasteiger partial charge in [0.25, 0.3) is 0 Å². The van der Waals surface area contributed by atoms with E-state index < -0.39 is 0 Å². The van der Waals surface area contributed by atoms with Gasteiger partial charge in [-0.05, 0) is 36.4 Å². The molecule has 3 heterocycles. The quantitative estimate of drug-likeness (QED) is 0.168. The minimum absolute atomic E-state index is 0.513. The third-order valence-corrected chi connectivity index (χ3v) is 8.82. The van der Waals surface area contributed by atoms with Crippen LogP contribution in [-0.2, 0) is 0 Å². The van der Waals surface area contributed by atoms with Crippen LogP contribution in [0.5, 0.6) is 5.75 Å². The minimum Gasteiger partial charge on any atom is -0.497 e. The van der Waals surface area contributed by atoms with Crippen LogP contribution in [-0.4, -0.2) is 41.6 Å². The van der Waals surface area contributed by atoms with Crippen molar-refractivity contribution in [3.63, 3.8) is 0 Å². The van der Waals surface area contributed by atoms with Crippen LogP contribution in [0.4, 0.5) is 0 Å². The number of rotatable bonds is 7. The number of methoxy groups -OCH3 is 1. The van der Waals surface area contributed by atoms with E-state index in [1.807, 2.05) is 146 Å². The predicted octanol–water partition coefficient (Wildman–Crippen LogP) is 9.50. The number of benzene rings is 6. The maximum Gasteiger partial charge on any atom is 0.238 e. The summed E-state index contributed by atoms with van der Waals surface area (Å²) in [6.07, 6.45) is 0. The molecule has 3 aromatic heterocycles. The van der Waals surface area contributed by atoms with Gasteiger partial charge in [0.15, 0.2) is 29.1 Å². The zero-order valence-electron chi connectivity index (χ0n) is 27.5. The van der Waals surface area contributed by atoms with Gasteiger partial charge < -0.3 is 4.74 Å². The molecule has 8 heteroatoms. The molecule has 0 radical (unpaired) electrons. The maximum absolute atomic E-state index is 5.70. The highest BCUT2D eigenvalue weighted by atomic mass is 16.5. The van der Waals surface area contributed by atoms with Crippen molar-refractivity contribution in [1.82, 2.24) is 34.5 Å². The van der Waals surface area contributed by atoms with Crippen molar-refractivity contribution in [2.45, 2.75) is 0 Å². The number of ether oxygens (including phenoxy) is 1. The van der Waals surface area contributed by atoms with Crippen LogP contribution in [0, 0.1) is 0 Å². The van der Waals surface area contributed by atoms with Gasteiger partial charge in [0.1, 0.15) is 5.75 Å². The predicted molar refractivity (Wildman–Crippen MR) is 201 cm³/mol. The summed E-state index contributed by atoms with van der Waals surface area (Å²) < 4.78 is 7.79. The smallest absolute Gasteiger partial charge is 0.238 e. The zero-order chi connectivity index (χ0) is 34.1. The van der Waals surface area contributed by atoms with E-state index in [0.29, 0.717) is 35.1 Å². The lowest BCUT2D eigenvalue weighted by atomic mass is 10.1. The number of hydrogen-bond donors (Lipinski definition) is 0. The fourth-order valence-electron chi connectivity index (χ4n) is 6.32. The first-order valence-corrected chi connectivity index (χ1v) is 16.6. The number of aromatic nitrogens is 7. The van der Waals surface area contributed by atoms with Crippen LogP contribution in [0.25, 0.3) is 84.7 Å². The van der Waals surface area contributed by atoms with Gasteiger partial charge in [0.05, 0.1) is 18.1 Å². The van der Waals surface area contributed by atoms with Gasteiger partial charge >= 0.3 is 0 Å². The molecule has 6 aromatic carbocycles. The van der Waals surface area contributed by atoms with E-state index in [1.165, 1.54) is 0 Å². The molecule has 0 amide bonds. The summed E-state index contributed by atoms with van der Waals surface area (Å²) in [6, 6.07) is 52.3. The number of fused-ring (bicyclic) bond motifs is 3. The summed E-state index contributed by atoms with van der Waals surface area (Å²) in [6.45, 7) is 0. The molecule has 0 saturated carbocycles. The van der Waals surface area contributed by atoms with E-state index in [-0.39, 0.29) is 0 Å². The Labute approximate surface area is 293 Å². The summed E-state index contributed by atoms with van der Waals surface area (Å²) >= 11 is 0. The average Bonchev–Trinajstić information content (AvgIpc) is 3.54. The van der Waals surface area contributed by atoms with Crippen molar-refractivity contribution in [3.8, 4) is 68.6 Å². The van der Waals surface area contributed by atoms with Crippen molar-refractivity contribution >= 4 is 21.8 Å². The highest BCUT2D eigenvalue weighted by molar-refractivity contribution is 6.10. The minimum atomic E-state index is 0.513. The van der Waals surface area contributed by atoms with Crippen molar-refractivity contribution in [3.05, 3.63) is 158 Å². The van der Waals surface area contributed by atoms with Crippen molar-refractivity contribution in [2.75, 3.05) is 7.11 Å². The molecule has 51 heavy (non-hydrogen) atoms. The van der Waals surface area contributed by atoms with E-state index in [4.69, 9.17) is 34.6 Å². The summed E-state index contributed by atoms with van der Waals surface area (Å²) in [4.78, 5) is 29.9. The summed E-state index contributed by atoms with van der Waals surface area (Å²) in [5, 5.41) is 1.96. The summed E-state index contributed by atoms with van der Waals surface area (Å²) in [5.74, 6) is 4.23. The van der Waals surface area contributed by atoms with Gasteiger partial charge in [0.2, 0.25) is 5.95 Å². The molecule has 8 nitrogen and oxygen atoms in total. The second-order valence-electron chi connectivity index (χ2n) is 12.0. The van der Waals surface area contributed by atoms with E-state index >= 15 is 0 Å². The van der Waals surface area contributed by atoms with Gasteiger partial charge in [-0.25, -0.2) is 19.9 Å². The van der Waals surface area contributed by atoms with E-state index in [0.717, 1.165) is 55.4 Å².